The van der Waals surface area contributed by atoms with Crippen molar-refractivity contribution < 1.29 is 0 Å². The second-order valence-electron chi connectivity index (χ2n) is 3.97. The minimum atomic E-state index is 0.509. The van der Waals surface area contributed by atoms with E-state index in [0.29, 0.717) is 6.04 Å². The van der Waals surface area contributed by atoms with E-state index in [1.54, 1.807) is 0 Å². The van der Waals surface area contributed by atoms with Gasteiger partial charge in [-0.25, -0.2) is 0 Å². The van der Waals surface area contributed by atoms with E-state index in [1.165, 1.54) is 37.2 Å². The van der Waals surface area contributed by atoms with Crippen LogP contribution in [0.3, 0.4) is 0 Å². The Morgan fingerprint density at radius 2 is 2.09 bits per heavy atom. The first kappa shape index (κ1) is 7.93. The summed E-state index contributed by atoms with van der Waals surface area (Å²) in [5.74, 6) is 4.49. The van der Waals surface area contributed by atoms with Crippen LogP contribution in [0.1, 0.15) is 25.7 Å². The normalized spacial score (nSPS) is 39.0. The van der Waals surface area contributed by atoms with Crippen molar-refractivity contribution in [2.24, 2.45) is 17.6 Å². The van der Waals surface area contributed by atoms with Gasteiger partial charge in [-0.2, -0.15) is 11.8 Å². The van der Waals surface area contributed by atoms with Crippen LogP contribution in [0.2, 0.25) is 0 Å². The maximum absolute atomic E-state index is 6.03. The summed E-state index contributed by atoms with van der Waals surface area (Å²) in [5.41, 5.74) is 6.03. The van der Waals surface area contributed by atoms with Crippen LogP contribution in [0, 0.1) is 11.8 Å². The SMILES string of the molecule is NC1CSCCC1CC1CC1. The maximum atomic E-state index is 6.03. The van der Waals surface area contributed by atoms with Crippen LogP contribution in [0.4, 0.5) is 0 Å². The van der Waals surface area contributed by atoms with Crippen molar-refractivity contribution in [3.8, 4) is 0 Å². The molecule has 64 valence electrons. The van der Waals surface area contributed by atoms with Gasteiger partial charge in [0.05, 0.1) is 0 Å². The van der Waals surface area contributed by atoms with Gasteiger partial charge in [0.25, 0.3) is 0 Å². The third-order valence-corrected chi connectivity index (χ3v) is 4.03. The minimum Gasteiger partial charge on any atom is -0.327 e. The maximum Gasteiger partial charge on any atom is 0.0159 e. The highest BCUT2D eigenvalue weighted by Crippen LogP contribution is 2.38. The molecule has 0 aromatic carbocycles. The van der Waals surface area contributed by atoms with E-state index < -0.39 is 0 Å². The number of hydrogen-bond donors (Lipinski definition) is 1. The zero-order valence-electron chi connectivity index (χ0n) is 6.96. The molecule has 0 radical (unpaired) electrons. The van der Waals surface area contributed by atoms with Gasteiger partial charge in [-0.05, 0) is 30.4 Å². The van der Waals surface area contributed by atoms with Crippen molar-refractivity contribution in [2.45, 2.75) is 31.7 Å². The highest BCUT2D eigenvalue weighted by atomic mass is 32.2. The van der Waals surface area contributed by atoms with Crippen molar-refractivity contribution >= 4 is 11.8 Å². The Bertz CT molecular complexity index is 134. The third-order valence-electron chi connectivity index (χ3n) is 2.88. The lowest BCUT2D eigenvalue weighted by Gasteiger charge is -2.28. The molecular weight excluding hydrogens is 154 g/mol. The molecule has 11 heavy (non-hydrogen) atoms. The molecular formula is C9H17NS. The van der Waals surface area contributed by atoms with E-state index in [9.17, 15) is 0 Å². The minimum absolute atomic E-state index is 0.509. The topological polar surface area (TPSA) is 26.0 Å². The summed E-state index contributed by atoms with van der Waals surface area (Å²) >= 11 is 2.03. The fourth-order valence-electron chi connectivity index (χ4n) is 1.88. The lowest BCUT2D eigenvalue weighted by molar-refractivity contribution is 0.379. The second kappa shape index (κ2) is 3.36. The van der Waals surface area contributed by atoms with Crippen molar-refractivity contribution in [1.29, 1.82) is 0 Å². The molecule has 1 aliphatic heterocycles. The molecule has 2 N–H and O–H groups in total. The van der Waals surface area contributed by atoms with Crippen LogP contribution >= 0.6 is 11.8 Å². The van der Waals surface area contributed by atoms with Gasteiger partial charge < -0.3 is 5.73 Å². The summed E-state index contributed by atoms with van der Waals surface area (Å²) in [6, 6.07) is 0.509. The lowest BCUT2D eigenvalue weighted by atomic mass is 9.92. The molecule has 0 aromatic rings. The average Bonchev–Trinajstić information content (AvgIpc) is 2.78. The lowest BCUT2D eigenvalue weighted by Crippen LogP contribution is -2.36. The molecule has 1 saturated carbocycles. The first-order valence-electron chi connectivity index (χ1n) is 4.69. The van der Waals surface area contributed by atoms with Gasteiger partial charge in [0.1, 0.15) is 0 Å². The number of nitrogens with two attached hydrogens (primary N) is 1. The van der Waals surface area contributed by atoms with Gasteiger partial charge in [0, 0.05) is 11.8 Å². The highest BCUT2D eigenvalue weighted by Gasteiger charge is 2.29. The highest BCUT2D eigenvalue weighted by molar-refractivity contribution is 7.99. The first-order valence-corrected chi connectivity index (χ1v) is 5.85. The standard InChI is InChI=1S/C9H17NS/c10-9-6-11-4-3-8(9)5-7-1-2-7/h7-9H,1-6,10H2. The fourth-order valence-corrected chi connectivity index (χ4v) is 3.06. The van der Waals surface area contributed by atoms with Crippen molar-refractivity contribution in [1.82, 2.24) is 0 Å². The van der Waals surface area contributed by atoms with Crippen LogP contribution in [0.5, 0.6) is 0 Å². The summed E-state index contributed by atoms with van der Waals surface area (Å²) in [6.45, 7) is 0. The Balaban J connectivity index is 1.78. The van der Waals surface area contributed by atoms with Crippen molar-refractivity contribution in [3.63, 3.8) is 0 Å². The van der Waals surface area contributed by atoms with E-state index in [4.69, 9.17) is 5.73 Å². The Labute approximate surface area is 73.1 Å². The summed E-state index contributed by atoms with van der Waals surface area (Å²) in [5, 5.41) is 0. The molecule has 1 saturated heterocycles. The van der Waals surface area contributed by atoms with E-state index in [0.717, 1.165) is 11.8 Å². The smallest absolute Gasteiger partial charge is 0.0159 e. The molecule has 0 aromatic heterocycles. The quantitative estimate of drug-likeness (QED) is 0.686. The Hall–Kier alpha value is 0.310. The molecule has 2 atom stereocenters. The molecule has 1 nitrogen and oxygen atoms in total. The molecule has 2 unspecified atom stereocenters. The monoisotopic (exact) mass is 171 g/mol. The molecule has 0 amide bonds. The van der Waals surface area contributed by atoms with E-state index in [1.807, 2.05) is 11.8 Å². The molecule has 2 aliphatic rings. The Morgan fingerprint density at radius 3 is 2.73 bits per heavy atom. The average molecular weight is 171 g/mol. The van der Waals surface area contributed by atoms with Crippen molar-refractivity contribution in [2.75, 3.05) is 11.5 Å². The van der Waals surface area contributed by atoms with Crippen LogP contribution in [-0.2, 0) is 0 Å². The molecule has 2 heteroatoms. The summed E-state index contributed by atoms with van der Waals surface area (Å²) in [7, 11) is 0. The largest absolute Gasteiger partial charge is 0.327 e. The number of hydrogen-bond acceptors (Lipinski definition) is 2. The Morgan fingerprint density at radius 1 is 1.27 bits per heavy atom. The van der Waals surface area contributed by atoms with Crippen LogP contribution in [0.25, 0.3) is 0 Å². The van der Waals surface area contributed by atoms with Gasteiger partial charge in [0.15, 0.2) is 0 Å². The predicted molar refractivity (Wildman–Crippen MR) is 50.7 cm³/mol. The molecule has 1 heterocycles. The summed E-state index contributed by atoms with van der Waals surface area (Å²) in [6.07, 6.45) is 5.77. The molecule has 0 spiro atoms. The van der Waals surface area contributed by atoms with Crippen LogP contribution < -0.4 is 5.73 Å². The van der Waals surface area contributed by atoms with Gasteiger partial charge >= 0.3 is 0 Å². The molecule has 0 bridgehead atoms. The fraction of sp³-hybridized carbons (Fsp3) is 1.00. The van der Waals surface area contributed by atoms with Gasteiger partial charge in [0.2, 0.25) is 0 Å². The van der Waals surface area contributed by atoms with E-state index in [2.05, 4.69) is 0 Å². The predicted octanol–water partition coefficient (Wildman–Crippen LogP) is 1.87. The first-order chi connectivity index (χ1) is 5.36. The summed E-state index contributed by atoms with van der Waals surface area (Å²) < 4.78 is 0. The third kappa shape index (κ3) is 2.12. The van der Waals surface area contributed by atoms with Crippen LogP contribution in [-0.4, -0.2) is 17.5 Å². The van der Waals surface area contributed by atoms with Gasteiger partial charge in [-0.15, -0.1) is 0 Å². The zero-order valence-corrected chi connectivity index (χ0v) is 7.78. The van der Waals surface area contributed by atoms with E-state index in [-0.39, 0.29) is 0 Å². The molecule has 2 rings (SSSR count). The Kier molecular flexibility index (Phi) is 2.42. The van der Waals surface area contributed by atoms with Crippen molar-refractivity contribution in [3.05, 3.63) is 0 Å². The summed E-state index contributed by atoms with van der Waals surface area (Å²) in [4.78, 5) is 0. The zero-order chi connectivity index (χ0) is 7.68. The van der Waals surface area contributed by atoms with Crippen LogP contribution in [0.15, 0.2) is 0 Å². The van der Waals surface area contributed by atoms with Gasteiger partial charge in [-0.1, -0.05) is 12.8 Å². The number of thioether (sulfide) groups is 1. The second-order valence-corrected chi connectivity index (χ2v) is 5.12. The molecule has 1 aliphatic carbocycles. The number of rotatable bonds is 2. The van der Waals surface area contributed by atoms with Gasteiger partial charge in [-0.3, -0.25) is 0 Å². The van der Waals surface area contributed by atoms with E-state index >= 15 is 0 Å². The molecule has 2 fully saturated rings.